The van der Waals surface area contributed by atoms with E-state index in [1.54, 1.807) is 0 Å². The van der Waals surface area contributed by atoms with Crippen LogP contribution in [0.3, 0.4) is 0 Å². The zero-order chi connectivity index (χ0) is 14.3. The van der Waals surface area contributed by atoms with E-state index in [9.17, 15) is 0 Å². The summed E-state index contributed by atoms with van der Waals surface area (Å²) >= 11 is 2.11. The van der Waals surface area contributed by atoms with Gasteiger partial charge < -0.3 is 5.73 Å². The van der Waals surface area contributed by atoms with Crippen molar-refractivity contribution in [1.82, 2.24) is 4.90 Å². The monoisotopic (exact) mass is 284 g/mol. The van der Waals surface area contributed by atoms with Crippen LogP contribution in [0.1, 0.15) is 47.5 Å². The molecule has 4 atom stereocenters. The van der Waals surface area contributed by atoms with Gasteiger partial charge >= 0.3 is 0 Å². The van der Waals surface area contributed by atoms with Crippen LogP contribution >= 0.6 is 11.8 Å². The van der Waals surface area contributed by atoms with Gasteiger partial charge in [-0.05, 0) is 42.8 Å². The number of nitrogens with zero attached hydrogens (tertiary/aromatic N) is 1. The molecule has 2 N–H and O–H groups in total. The molecular formula is C16H32N2S. The minimum Gasteiger partial charge on any atom is -0.329 e. The highest BCUT2D eigenvalue weighted by atomic mass is 32.2. The summed E-state index contributed by atoms with van der Waals surface area (Å²) in [6.45, 7) is 14.2. The summed E-state index contributed by atoms with van der Waals surface area (Å²) < 4.78 is 0. The molecule has 3 heteroatoms. The molecule has 2 rings (SSSR count). The predicted molar refractivity (Wildman–Crippen MR) is 86.6 cm³/mol. The average Bonchev–Trinajstić information content (AvgIpc) is 2.34. The van der Waals surface area contributed by atoms with Gasteiger partial charge in [0.2, 0.25) is 0 Å². The van der Waals surface area contributed by atoms with Crippen molar-refractivity contribution in [2.24, 2.45) is 23.0 Å². The summed E-state index contributed by atoms with van der Waals surface area (Å²) in [5, 5.41) is 0. The Morgan fingerprint density at radius 3 is 2.53 bits per heavy atom. The number of thioether (sulfide) groups is 1. The van der Waals surface area contributed by atoms with Gasteiger partial charge in [-0.15, -0.1) is 0 Å². The largest absolute Gasteiger partial charge is 0.329 e. The van der Waals surface area contributed by atoms with Crippen LogP contribution in [0.15, 0.2) is 0 Å². The Morgan fingerprint density at radius 2 is 1.95 bits per heavy atom. The van der Waals surface area contributed by atoms with Gasteiger partial charge in [0, 0.05) is 30.4 Å². The smallest absolute Gasteiger partial charge is 0.0475 e. The fourth-order valence-electron chi connectivity index (χ4n) is 4.20. The lowest BCUT2D eigenvalue weighted by atomic mass is 9.67. The third-order valence-electron chi connectivity index (χ3n) is 5.96. The summed E-state index contributed by atoms with van der Waals surface area (Å²) in [7, 11) is 0. The van der Waals surface area contributed by atoms with Gasteiger partial charge in [-0.25, -0.2) is 0 Å². The minimum atomic E-state index is 0.193. The number of rotatable bonds is 2. The quantitative estimate of drug-likeness (QED) is 0.844. The zero-order valence-corrected chi connectivity index (χ0v) is 14.2. The number of hydrogen-bond acceptors (Lipinski definition) is 3. The molecule has 2 saturated heterocycles. The first-order chi connectivity index (χ1) is 8.84. The fourth-order valence-corrected chi connectivity index (χ4v) is 6.01. The first-order valence-corrected chi connectivity index (χ1v) is 9.04. The second-order valence-electron chi connectivity index (χ2n) is 7.63. The molecular weight excluding hydrogens is 252 g/mol. The molecule has 2 aliphatic heterocycles. The Hall–Kier alpha value is 0.270. The van der Waals surface area contributed by atoms with E-state index in [0.29, 0.717) is 11.5 Å². The lowest BCUT2D eigenvalue weighted by Gasteiger charge is -2.60. The number of likely N-dealkylation sites (tertiary alicyclic amines) is 1. The Labute approximate surface area is 123 Å². The highest BCUT2D eigenvalue weighted by Crippen LogP contribution is 2.48. The SMILES string of the molecule is CC1CC(C)C(C)N(C2(CN)CSCCC2(C)C)C1. The molecule has 2 fully saturated rings. The van der Waals surface area contributed by atoms with Crippen molar-refractivity contribution < 1.29 is 0 Å². The van der Waals surface area contributed by atoms with Crippen LogP contribution in [-0.4, -0.2) is 41.1 Å². The molecule has 4 unspecified atom stereocenters. The maximum absolute atomic E-state index is 6.34. The topological polar surface area (TPSA) is 29.3 Å². The number of piperidine rings is 1. The van der Waals surface area contributed by atoms with E-state index in [1.807, 2.05) is 0 Å². The molecule has 2 nitrogen and oxygen atoms in total. The van der Waals surface area contributed by atoms with Crippen LogP contribution in [0, 0.1) is 17.3 Å². The first-order valence-electron chi connectivity index (χ1n) is 7.88. The van der Waals surface area contributed by atoms with Gasteiger partial charge in [0.05, 0.1) is 0 Å². The van der Waals surface area contributed by atoms with E-state index >= 15 is 0 Å². The van der Waals surface area contributed by atoms with Crippen molar-refractivity contribution in [3.8, 4) is 0 Å². The van der Waals surface area contributed by atoms with Crippen LogP contribution in [0.25, 0.3) is 0 Å². The third kappa shape index (κ3) is 2.58. The van der Waals surface area contributed by atoms with Crippen molar-refractivity contribution in [2.75, 3.05) is 24.6 Å². The normalized spacial score (nSPS) is 44.2. The van der Waals surface area contributed by atoms with Gasteiger partial charge in [0.15, 0.2) is 0 Å². The second-order valence-corrected chi connectivity index (χ2v) is 8.74. The lowest BCUT2D eigenvalue weighted by Crippen LogP contribution is -2.70. The second kappa shape index (κ2) is 5.57. The number of hydrogen-bond donors (Lipinski definition) is 1. The molecule has 0 amide bonds. The van der Waals surface area contributed by atoms with Crippen LogP contribution in [0.2, 0.25) is 0 Å². The van der Waals surface area contributed by atoms with Crippen LogP contribution in [0.4, 0.5) is 0 Å². The molecule has 0 aromatic carbocycles. The molecule has 2 aliphatic rings. The lowest BCUT2D eigenvalue weighted by molar-refractivity contribution is -0.0679. The van der Waals surface area contributed by atoms with Gasteiger partial charge in [0.25, 0.3) is 0 Å². The highest BCUT2D eigenvalue weighted by Gasteiger charge is 2.52. The molecule has 0 saturated carbocycles. The summed E-state index contributed by atoms with van der Waals surface area (Å²) in [4.78, 5) is 2.79. The first kappa shape index (κ1) is 15.7. The van der Waals surface area contributed by atoms with E-state index in [1.165, 1.54) is 30.9 Å². The third-order valence-corrected chi connectivity index (χ3v) is 7.13. The Morgan fingerprint density at radius 1 is 1.26 bits per heavy atom. The standard InChI is InChI=1S/C16H32N2S/c1-12-8-13(2)14(3)18(9-12)16(10-17)11-19-7-6-15(16,4)5/h12-14H,6-11,17H2,1-5H3. The molecule has 0 aromatic heterocycles. The van der Waals surface area contributed by atoms with E-state index < -0.39 is 0 Å². The molecule has 19 heavy (non-hydrogen) atoms. The zero-order valence-electron chi connectivity index (χ0n) is 13.4. The Kier molecular flexibility index (Phi) is 4.59. The van der Waals surface area contributed by atoms with Crippen LogP contribution < -0.4 is 5.73 Å². The van der Waals surface area contributed by atoms with Crippen LogP contribution in [0.5, 0.6) is 0 Å². The molecule has 0 aromatic rings. The highest BCUT2D eigenvalue weighted by molar-refractivity contribution is 7.99. The summed E-state index contributed by atoms with van der Waals surface area (Å²) in [5.74, 6) is 4.09. The Balaban J connectivity index is 2.33. The number of nitrogens with two attached hydrogens (primary N) is 1. The minimum absolute atomic E-state index is 0.193. The molecule has 0 spiro atoms. The van der Waals surface area contributed by atoms with E-state index in [-0.39, 0.29) is 5.54 Å². The van der Waals surface area contributed by atoms with Crippen molar-refractivity contribution in [3.05, 3.63) is 0 Å². The van der Waals surface area contributed by atoms with Gasteiger partial charge in [-0.3, -0.25) is 4.90 Å². The predicted octanol–water partition coefficient (Wildman–Crippen LogP) is 3.21. The summed E-state index contributed by atoms with van der Waals surface area (Å²) in [5.41, 5.74) is 6.87. The summed E-state index contributed by atoms with van der Waals surface area (Å²) in [6, 6.07) is 0.665. The molecule has 2 heterocycles. The molecule has 112 valence electrons. The average molecular weight is 285 g/mol. The van der Waals surface area contributed by atoms with Crippen molar-refractivity contribution in [2.45, 2.75) is 59.0 Å². The van der Waals surface area contributed by atoms with E-state index in [0.717, 1.165) is 18.4 Å². The van der Waals surface area contributed by atoms with Gasteiger partial charge in [-0.1, -0.05) is 27.7 Å². The summed E-state index contributed by atoms with van der Waals surface area (Å²) in [6.07, 6.45) is 2.66. The maximum atomic E-state index is 6.34. The van der Waals surface area contributed by atoms with E-state index in [4.69, 9.17) is 5.73 Å². The molecule has 0 aliphatic carbocycles. The van der Waals surface area contributed by atoms with Gasteiger partial charge in [0.1, 0.15) is 0 Å². The van der Waals surface area contributed by atoms with Crippen molar-refractivity contribution in [1.29, 1.82) is 0 Å². The van der Waals surface area contributed by atoms with Crippen molar-refractivity contribution in [3.63, 3.8) is 0 Å². The van der Waals surface area contributed by atoms with Crippen molar-refractivity contribution >= 4 is 11.8 Å². The van der Waals surface area contributed by atoms with E-state index in [2.05, 4.69) is 51.3 Å². The maximum Gasteiger partial charge on any atom is 0.0475 e. The van der Waals surface area contributed by atoms with Gasteiger partial charge in [-0.2, -0.15) is 11.8 Å². The van der Waals surface area contributed by atoms with Crippen LogP contribution in [-0.2, 0) is 0 Å². The molecule has 0 radical (unpaired) electrons. The molecule has 0 bridgehead atoms. The fraction of sp³-hybridized carbons (Fsp3) is 1.00. The Bertz CT molecular complexity index is 318.